The largest absolute Gasteiger partial charge is 2.00 e. The van der Waals surface area contributed by atoms with E-state index in [-0.39, 0.29) is 61.6 Å². The Hall–Kier alpha value is -0.610. The van der Waals surface area contributed by atoms with E-state index in [1.807, 2.05) is 55.4 Å². The van der Waals surface area contributed by atoms with Gasteiger partial charge in [-0.2, -0.15) is 0 Å². The molecule has 0 heterocycles. The van der Waals surface area contributed by atoms with Crippen molar-refractivity contribution in [3.05, 3.63) is 0 Å². The quantitative estimate of drug-likeness (QED) is 0.0127. The monoisotopic (exact) mass is 1700 g/mol. The van der Waals surface area contributed by atoms with Crippen molar-refractivity contribution in [1.29, 1.82) is 0 Å². The Labute approximate surface area is 663 Å². The molecule has 0 fully saturated rings. The Morgan fingerprint density at radius 2 is 0.551 bits per heavy atom. The van der Waals surface area contributed by atoms with Crippen molar-refractivity contribution in [2.75, 3.05) is 107 Å². The van der Waals surface area contributed by atoms with Gasteiger partial charge in [0.05, 0.1) is 52.8 Å². The van der Waals surface area contributed by atoms with E-state index in [9.17, 15) is 38.7 Å². The number of halogens is 4. The van der Waals surface area contributed by atoms with Crippen molar-refractivity contribution in [2.45, 2.75) is 285 Å². The molecule has 0 aromatic carbocycles. The number of hydrogen-bond donors (Lipinski definition) is 3. The molecule has 0 aliphatic rings. The number of alkyl halides is 4. The number of hydrogen-bond acceptors (Lipinski definition) is 16. The van der Waals surface area contributed by atoms with Crippen LogP contribution in [0.3, 0.4) is 0 Å². The number of carbonyl (C=O) groups excluding carboxylic acids is 4. The normalized spacial score (nSPS) is 11.5. The van der Waals surface area contributed by atoms with Crippen LogP contribution in [0, 0.1) is 38.4 Å². The first-order valence-corrected chi connectivity index (χ1v) is 40.0. The number of ether oxygens (including phenoxy) is 8. The molecule has 0 aliphatic carbocycles. The van der Waals surface area contributed by atoms with Gasteiger partial charge in [-0.25, -0.2) is 0 Å². The molecule has 0 radical (unpaired) electrons. The summed E-state index contributed by atoms with van der Waals surface area (Å²) in [5.74, 6) is -2.17. The van der Waals surface area contributed by atoms with Gasteiger partial charge in [-0.15, -0.1) is 23.2 Å². The molecule has 19 nitrogen and oxygen atoms in total. The summed E-state index contributed by atoms with van der Waals surface area (Å²) in [6, 6.07) is 0. The molecule has 0 saturated heterocycles. The van der Waals surface area contributed by atoms with Gasteiger partial charge in [0, 0.05) is 89.2 Å². The zero-order chi connectivity index (χ0) is 75.7. The zero-order valence-electron chi connectivity index (χ0n) is 64.6. The van der Waals surface area contributed by atoms with E-state index in [4.69, 9.17) is 71.7 Å². The van der Waals surface area contributed by atoms with Gasteiger partial charge in [-0.05, 0) is 227 Å². The maximum atomic E-state index is 11.8. The fourth-order valence-corrected chi connectivity index (χ4v) is 9.38. The second-order valence-corrected chi connectivity index (χ2v) is 31.2. The summed E-state index contributed by atoms with van der Waals surface area (Å²) in [6.45, 7) is 39.4. The van der Waals surface area contributed by atoms with Gasteiger partial charge in [0.2, 0.25) is 0 Å². The smallest absolute Gasteiger partial charge is 0.550 e. The molecule has 0 bridgehead atoms. The fraction of sp³-hybridized carbons (Fsp3) is 0.905. The van der Waals surface area contributed by atoms with Gasteiger partial charge in [-0.1, -0.05) is 111 Å². The van der Waals surface area contributed by atoms with Crippen molar-refractivity contribution in [1.82, 2.24) is 0 Å². The second kappa shape index (κ2) is 72.0. The van der Waals surface area contributed by atoms with Crippen molar-refractivity contribution in [2.24, 2.45) is 38.4 Å². The maximum Gasteiger partial charge on any atom is 2.00 e. The topological polar surface area (TPSA) is 277 Å². The molecule has 98 heavy (non-hydrogen) atoms. The Bertz CT molecular complexity index is 1710. The molecular formula is C74H141CaCl2I2O19+. The Kier molecular flexibility index (Phi) is 81.3. The third-order valence-corrected chi connectivity index (χ3v) is 17.5. The van der Waals surface area contributed by atoms with E-state index < -0.39 is 56.4 Å². The molecule has 24 heteroatoms. The summed E-state index contributed by atoms with van der Waals surface area (Å²) >= 11 is 15.8. The van der Waals surface area contributed by atoms with Gasteiger partial charge >= 0.3 is 73.6 Å². The molecule has 0 atom stereocenters. The van der Waals surface area contributed by atoms with Crippen molar-refractivity contribution >= 4 is 148 Å². The number of carbonyl (C=O) groups is 7. The molecule has 0 rings (SSSR count). The van der Waals surface area contributed by atoms with E-state index in [1.54, 1.807) is 62.3 Å². The Morgan fingerprint density at radius 1 is 0.347 bits per heavy atom. The molecule has 3 N–H and O–H groups in total. The number of unbranched alkanes of at least 4 members (excludes halogenated alkanes) is 10. The molecule has 0 unspecified atom stereocenters. The van der Waals surface area contributed by atoms with E-state index >= 15 is 0 Å². The van der Waals surface area contributed by atoms with Crippen LogP contribution < -0.4 is 5.11 Å². The minimum Gasteiger partial charge on any atom is -0.550 e. The van der Waals surface area contributed by atoms with E-state index in [0.717, 1.165) is 154 Å². The predicted molar refractivity (Wildman–Crippen MR) is 414 cm³/mol. The minimum absolute atomic E-state index is 0. The molecular weight excluding hydrogens is 1560 g/mol. The van der Waals surface area contributed by atoms with Crippen LogP contribution in [-0.4, -0.2) is 201 Å². The van der Waals surface area contributed by atoms with Crippen LogP contribution in [0.25, 0.3) is 0 Å². The SMILES string of the molecule is CC(C)(CCCCOCCCCC(C)(C)C(=O)O)C(=O)O.CC(C)(CCCCOCCCCC(C)(C)C(=O)O)C(=O)[O-].CCOC(=O)C(C)(C)CCCCOCCCCC(C)(C)C(=O)OCC.CCOC(=O)C(C)C.ClCCCCOCCCCCl.ICCCCOCCCCI.[Ca+2]. The van der Waals surface area contributed by atoms with Crippen LogP contribution in [0.2, 0.25) is 0 Å². The molecule has 580 valence electrons. The first kappa shape index (κ1) is 111. The molecule has 0 amide bonds. The average molecular weight is 1700 g/mol. The molecule has 0 saturated carbocycles. The maximum absolute atomic E-state index is 11.8. The first-order chi connectivity index (χ1) is 45.4. The van der Waals surface area contributed by atoms with Crippen LogP contribution in [-0.2, 0) is 71.5 Å². The van der Waals surface area contributed by atoms with E-state index in [1.165, 1.54) is 34.5 Å². The van der Waals surface area contributed by atoms with E-state index in [0.29, 0.717) is 85.1 Å². The Morgan fingerprint density at radius 3 is 0.724 bits per heavy atom. The number of aliphatic carboxylic acids is 4. The van der Waals surface area contributed by atoms with Crippen molar-refractivity contribution in [3.8, 4) is 0 Å². The van der Waals surface area contributed by atoms with Crippen LogP contribution in [0.4, 0.5) is 0 Å². The standard InChI is InChI=1S/C20H38O5.2C16H30O5.C8H16Cl2O.C8H16I2O.C6H12O2.Ca/c1-7-24-17(21)19(3,4)13-9-11-15-23-16-12-10-14-20(5,6)18(22)25-8-2;2*1-15(2,13(17)18)9-5-7-11-21-12-8-6-10-16(3,4)14(19)20;2*9-5-1-3-7-11-8-4-2-6-10;1-4-8-6(7)5(2)3;/h7-16H2,1-6H3;2*5-12H2,1-4H3,(H,17,18)(H,19,20);2*1-8H2;5H,4H2,1-3H3;/q;;;;;;+2/p-1. The van der Waals surface area contributed by atoms with Gasteiger partial charge < -0.3 is 63.1 Å². The number of carboxylic acids is 4. The molecule has 0 spiro atoms. The summed E-state index contributed by atoms with van der Waals surface area (Å²) in [6.07, 6.45) is 23.9. The van der Waals surface area contributed by atoms with Gasteiger partial charge in [0.15, 0.2) is 0 Å². The van der Waals surface area contributed by atoms with Crippen molar-refractivity contribution < 1.29 is 91.9 Å². The number of esters is 3. The fourth-order valence-electron chi connectivity index (χ4n) is 7.92. The van der Waals surface area contributed by atoms with Crippen LogP contribution >= 0.6 is 68.4 Å². The van der Waals surface area contributed by atoms with Crippen LogP contribution in [0.5, 0.6) is 0 Å². The summed E-state index contributed by atoms with van der Waals surface area (Å²) in [5.41, 5.74) is -3.62. The molecule has 0 aromatic rings. The third-order valence-electron chi connectivity index (χ3n) is 15.4. The first-order valence-electron chi connectivity index (χ1n) is 35.9. The third kappa shape index (κ3) is 75.1. The van der Waals surface area contributed by atoms with Gasteiger partial charge in [-0.3, -0.25) is 28.8 Å². The van der Waals surface area contributed by atoms with E-state index in [2.05, 4.69) is 49.9 Å². The van der Waals surface area contributed by atoms with Gasteiger partial charge in [0.25, 0.3) is 0 Å². The van der Waals surface area contributed by atoms with Crippen molar-refractivity contribution in [3.63, 3.8) is 0 Å². The van der Waals surface area contributed by atoms with Crippen LogP contribution in [0.1, 0.15) is 285 Å². The summed E-state index contributed by atoms with van der Waals surface area (Å²) in [4.78, 5) is 77.6. The predicted octanol–water partition coefficient (Wildman–Crippen LogP) is 17.6. The molecule has 0 aliphatic heterocycles. The summed E-state index contributed by atoms with van der Waals surface area (Å²) < 4.78 is 44.7. The average Bonchev–Trinajstić information content (AvgIpc) is 0.976. The second-order valence-electron chi connectivity index (χ2n) is 28.2. The number of rotatable bonds is 56. The Balaban J connectivity index is -0.000000210. The molecule has 0 aromatic heterocycles. The van der Waals surface area contributed by atoms with Crippen LogP contribution in [0.15, 0.2) is 0 Å². The zero-order valence-corrected chi connectivity index (χ0v) is 72.6. The summed E-state index contributed by atoms with van der Waals surface area (Å²) in [5, 5.41) is 37.7. The minimum atomic E-state index is -1.01. The summed E-state index contributed by atoms with van der Waals surface area (Å²) in [7, 11) is 0. The number of carboxylic acid groups (broad SMARTS) is 4. The van der Waals surface area contributed by atoms with Gasteiger partial charge in [0.1, 0.15) is 0 Å².